The molecule has 3 N–H and O–H groups in total. The lowest BCUT2D eigenvalue weighted by molar-refractivity contribution is 0.0633. The van der Waals surface area contributed by atoms with E-state index in [2.05, 4.69) is 4.98 Å². The van der Waals surface area contributed by atoms with Crippen molar-refractivity contribution in [3.63, 3.8) is 0 Å². The lowest BCUT2D eigenvalue weighted by Gasteiger charge is -2.24. The molecule has 1 heterocycles. The van der Waals surface area contributed by atoms with Gasteiger partial charge in [0.2, 0.25) is 5.43 Å². The Morgan fingerprint density at radius 3 is 2.70 bits per heavy atom. The molecule has 0 aliphatic heterocycles. The molecule has 0 fully saturated rings. The van der Waals surface area contributed by atoms with Crippen molar-refractivity contribution in [2.45, 2.75) is 13.0 Å². The van der Waals surface area contributed by atoms with Gasteiger partial charge >= 0.3 is 0 Å². The molecule has 0 aliphatic rings. The predicted molar refractivity (Wildman–Crippen MR) is 99.2 cm³/mol. The molecule has 1 atom stereocenters. The first-order valence-electron chi connectivity index (χ1n) is 8.48. The van der Waals surface area contributed by atoms with Crippen LogP contribution in [0.2, 0.25) is 0 Å². The van der Waals surface area contributed by atoms with Gasteiger partial charge in [0.05, 0.1) is 18.2 Å². The number of nitrogens with zero attached hydrogens (tertiary/aromatic N) is 1. The van der Waals surface area contributed by atoms with E-state index >= 15 is 0 Å². The van der Waals surface area contributed by atoms with Crippen LogP contribution in [-0.4, -0.2) is 39.1 Å². The maximum absolute atomic E-state index is 13.8. The molecule has 1 aromatic heterocycles. The van der Waals surface area contributed by atoms with Crippen molar-refractivity contribution in [3.05, 3.63) is 75.8 Å². The van der Waals surface area contributed by atoms with Gasteiger partial charge in [-0.15, -0.1) is 0 Å². The van der Waals surface area contributed by atoms with Gasteiger partial charge in [-0.05, 0) is 36.8 Å². The minimum absolute atomic E-state index is 0.00826. The number of nitrogens with one attached hydrogen (secondary N) is 1. The number of hydrogen-bond donors (Lipinski definition) is 3. The Balaban J connectivity index is 1.90. The van der Waals surface area contributed by atoms with Crippen molar-refractivity contribution in [1.82, 2.24) is 9.88 Å². The van der Waals surface area contributed by atoms with E-state index in [1.807, 2.05) is 0 Å². The highest BCUT2D eigenvalue weighted by molar-refractivity contribution is 5.97. The van der Waals surface area contributed by atoms with E-state index in [4.69, 9.17) is 0 Å². The van der Waals surface area contributed by atoms with Gasteiger partial charge in [0.1, 0.15) is 17.1 Å². The van der Waals surface area contributed by atoms with Crippen molar-refractivity contribution in [1.29, 1.82) is 0 Å². The molecule has 0 aliphatic carbocycles. The number of rotatable bonds is 5. The summed E-state index contributed by atoms with van der Waals surface area (Å²) in [6, 6.07) is 10.2. The largest absolute Gasteiger partial charge is 0.508 e. The molecular weight excluding hydrogens is 351 g/mol. The Bertz CT molecular complexity index is 1050. The first-order valence-corrected chi connectivity index (χ1v) is 8.48. The Morgan fingerprint density at radius 1 is 1.26 bits per heavy atom. The molecule has 140 valence electrons. The van der Waals surface area contributed by atoms with Crippen LogP contribution in [0.15, 0.2) is 53.5 Å². The SMILES string of the molecule is CCN(CC(O)c1cccc(O)c1)C(=O)c1c[nH]c2c(F)cccc2c1=O. The average Bonchev–Trinajstić information content (AvgIpc) is 2.66. The fourth-order valence-corrected chi connectivity index (χ4v) is 2.95. The number of likely N-dealkylation sites (N-methyl/N-ethyl adjacent to an activating group) is 1. The molecule has 1 unspecified atom stereocenters. The number of hydrogen-bond acceptors (Lipinski definition) is 4. The van der Waals surface area contributed by atoms with Crippen LogP contribution >= 0.6 is 0 Å². The molecule has 0 saturated carbocycles. The number of fused-ring (bicyclic) bond motifs is 1. The molecule has 3 aromatic rings. The fourth-order valence-electron chi connectivity index (χ4n) is 2.95. The summed E-state index contributed by atoms with van der Waals surface area (Å²) in [4.78, 5) is 29.4. The average molecular weight is 370 g/mol. The summed E-state index contributed by atoms with van der Waals surface area (Å²) in [5.74, 6) is -1.13. The van der Waals surface area contributed by atoms with E-state index in [0.29, 0.717) is 5.56 Å². The zero-order chi connectivity index (χ0) is 19.6. The van der Waals surface area contributed by atoms with Crippen molar-refractivity contribution in [3.8, 4) is 5.75 Å². The Kier molecular flexibility index (Phi) is 5.23. The number of carbonyl (C=O) groups excluding carboxylic acids is 1. The second kappa shape index (κ2) is 7.59. The molecule has 1 amide bonds. The van der Waals surface area contributed by atoms with Gasteiger partial charge in [-0.3, -0.25) is 9.59 Å². The van der Waals surface area contributed by atoms with Gasteiger partial charge in [-0.25, -0.2) is 4.39 Å². The van der Waals surface area contributed by atoms with Crippen LogP contribution in [0.3, 0.4) is 0 Å². The number of aromatic nitrogens is 1. The first-order chi connectivity index (χ1) is 12.9. The summed E-state index contributed by atoms with van der Waals surface area (Å²) >= 11 is 0. The lowest BCUT2D eigenvalue weighted by atomic mass is 10.1. The third kappa shape index (κ3) is 3.68. The zero-order valence-electron chi connectivity index (χ0n) is 14.6. The summed E-state index contributed by atoms with van der Waals surface area (Å²) in [6.45, 7) is 1.93. The van der Waals surface area contributed by atoms with E-state index in [1.54, 1.807) is 19.1 Å². The summed E-state index contributed by atoms with van der Waals surface area (Å²) in [5, 5.41) is 20.0. The van der Waals surface area contributed by atoms with E-state index < -0.39 is 23.3 Å². The molecule has 0 bridgehead atoms. The molecule has 0 spiro atoms. The number of aliphatic hydroxyl groups excluding tert-OH is 1. The monoisotopic (exact) mass is 370 g/mol. The van der Waals surface area contributed by atoms with Gasteiger partial charge in [-0.2, -0.15) is 0 Å². The minimum Gasteiger partial charge on any atom is -0.508 e. The van der Waals surface area contributed by atoms with Crippen LogP contribution < -0.4 is 5.43 Å². The Morgan fingerprint density at radius 2 is 2.00 bits per heavy atom. The van der Waals surface area contributed by atoms with E-state index in [9.17, 15) is 24.2 Å². The molecule has 0 saturated heterocycles. The Hall–Kier alpha value is -3.19. The molecule has 27 heavy (non-hydrogen) atoms. The summed E-state index contributed by atoms with van der Waals surface area (Å²) < 4.78 is 13.8. The minimum atomic E-state index is -1.03. The number of halogens is 1. The predicted octanol–water partition coefficient (Wildman–Crippen LogP) is 2.57. The number of amides is 1. The van der Waals surface area contributed by atoms with Crippen LogP contribution in [0.1, 0.15) is 28.9 Å². The van der Waals surface area contributed by atoms with Gasteiger partial charge in [-0.1, -0.05) is 18.2 Å². The number of para-hydroxylation sites is 1. The summed E-state index contributed by atoms with van der Waals surface area (Å²) in [6.07, 6.45) is 0.164. The van der Waals surface area contributed by atoms with E-state index in [1.165, 1.54) is 41.4 Å². The molecular formula is C20H19FN2O4. The van der Waals surface area contributed by atoms with Crippen molar-refractivity contribution in [2.75, 3.05) is 13.1 Å². The normalized spacial score (nSPS) is 12.1. The van der Waals surface area contributed by atoms with E-state index in [0.717, 1.165) is 0 Å². The number of pyridine rings is 1. The van der Waals surface area contributed by atoms with Gasteiger partial charge in [0, 0.05) is 18.1 Å². The number of benzene rings is 2. The summed E-state index contributed by atoms with van der Waals surface area (Å²) in [7, 11) is 0. The second-order valence-electron chi connectivity index (χ2n) is 6.15. The maximum Gasteiger partial charge on any atom is 0.259 e. The number of aromatic hydroxyl groups is 1. The lowest BCUT2D eigenvalue weighted by Crippen LogP contribution is -2.37. The topological polar surface area (TPSA) is 93.6 Å². The third-order valence-electron chi connectivity index (χ3n) is 4.41. The number of carbonyl (C=O) groups is 1. The highest BCUT2D eigenvalue weighted by Gasteiger charge is 2.22. The highest BCUT2D eigenvalue weighted by atomic mass is 19.1. The van der Waals surface area contributed by atoms with Crippen LogP contribution in [0, 0.1) is 5.82 Å². The number of phenolic OH excluding ortho intramolecular Hbond substituents is 1. The number of phenols is 1. The second-order valence-corrected chi connectivity index (χ2v) is 6.15. The smallest absolute Gasteiger partial charge is 0.259 e. The molecule has 7 heteroatoms. The van der Waals surface area contributed by atoms with Crippen molar-refractivity contribution >= 4 is 16.8 Å². The number of aliphatic hydroxyl groups is 1. The number of aromatic amines is 1. The van der Waals surface area contributed by atoms with Crippen LogP contribution in [0.4, 0.5) is 4.39 Å². The van der Waals surface area contributed by atoms with Gasteiger partial charge < -0.3 is 20.1 Å². The molecule has 3 rings (SSSR count). The molecule has 2 aromatic carbocycles. The van der Waals surface area contributed by atoms with Crippen LogP contribution in [-0.2, 0) is 0 Å². The van der Waals surface area contributed by atoms with Gasteiger partial charge in [0.25, 0.3) is 5.91 Å². The Labute approximate surface area is 154 Å². The van der Waals surface area contributed by atoms with Crippen molar-refractivity contribution < 1.29 is 19.4 Å². The third-order valence-corrected chi connectivity index (χ3v) is 4.41. The fraction of sp³-hybridized carbons (Fsp3) is 0.200. The summed E-state index contributed by atoms with van der Waals surface area (Å²) in [5.41, 5.74) is -0.200. The zero-order valence-corrected chi connectivity index (χ0v) is 14.6. The highest BCUT2D eigenvalue weighted by Crippen LogP contribution is 2.20. The van der Waals surface area contributed by atoms with E-state index in [-0.39, 0.29) is 35.3 Å². The standard InChI is InChI=1S/C20H19FN2O4/c1-2-23(11-17(25)12-5-3-6-13(24)9-12)20(27)15-10-22-18-14(19(15)26)7-4-8-16(18)21/h3-10,17,24-25H,2,11H2,1H3,(H,22,26). The van der Waals surface area contributed by atoms with Crippen LogP contribution in [0.25, 0.3) is 10.9 Å². The van der Waals surface area contributed by atoms with Gasteiger partial charge in [0.15, 0.2) is 0 Å². The quantitative estimate of drug-likeness (QED) is 0.643. The van der Waals surface area contributed by atoms with Crippen LogP contribution in [0.5, 0.6) is 5.75 Å². The molecule has 0 radical (unpaired) electrons. The first kappa shape index (κ1) is 18.6. The molecule has 6 nitrogen and oxygen atoms in total. The van der Waals surface area contributed by atoms with Crippen molar-refractivity contribution in [2.24, 2.45) is 0 Å². The maximum atomic E-state index is 13.8. The number of H-pyrrole nitrogens is 1.